The minimum atomic E-state index is -2.45. The van der Waals surface area contributed by atoms with Crippen molar-refractivity contribution in [3.63, 3.8) is 0 Å². The largest absolute Gasteiger partial charge is 0.383 e. The van der Waals surface area contributed by atoms with E-state index in [2.05, 4.69) is 20.5 Å². The molecule has 4 N–H and O–H groups in total. The molecule has 0 aromatic rings. The summed E-state index contributed by atoms with van der Waals surface area (Å²) in [4.78, 5) is 4.01. The molecule has 0 saturated heterocycles. The zero-order chi connectivity index (χ0) is 13.1. The quantitative estimate of drug-likeness (QED) is 0.182. The third-order valence-electron chi connectivity index (χ3n) is 1.69. The number of halogens is 2. The van der Waals surface area contributed by atoms with Crippen LogP contribution in [0, 0.1) is 0 Å². The van der Waals surface area contributed by atoms with E-state index < -0.39 is 13.0 Å². The summed E-state index contributed by atoms with van der Waals surface area (Å²) in [6.07, 6.45) is -2.45. The molecule has 0 aliphatic heterocycles. The number of nitrogens with two attached hydrogens (primary N) is 1. The summed E-state index contributed by atoms with van der Waals surface area (Å²) in [6.45, 7) is 2.19. The standard InChI is InChI=1S/C9H20F2N4O2/c1-7(5-16-2)14-9(15-12)13-3-4-17-6-8(10)11/h7-8H,3-6,12H2,1-2H3,(H2,13,14,15). The normalized spacial score (nSPS) is 13.9. The van der Waals surface area contributed by atoms with Crippen molar-refractivity contribution in [1.82, 2.24) is 10.7 Å². The van der Waals surface area contributed by atoms with Crippen LogP contribution < -0.4 is 16.6 Å². The van der Waals surface area contributed by atoms with Crippen LogP contribution in [0.15, 0.2) is 4.99 Å². The van der Waals surface area contributed by atoms with Crippen molar-refractivity contribution in [2.45, 2.75) is 19.4 Å². The van der Waals surface area contributed by atoms with E-state index in [1.807, 2.05) is 6.92 Å². The highest BCUT2D eigenvalue weighted by Gasteiger charge is 2.04. The van der Waals surface area contributed by atoms with Gasteiger partial charge in [0.15, 0.2) is 0 Å². The van der Waals surface area contributed by atoms with Gasteiger partial charge in [0.1, 0.15) is 6.61 Å². The maximum Gasteiger partial charge on any atom is 0.261 e. The molecule has 102 valence electrons. The van der Waals surface area contributed by atoms with E-state index in [4.69, 9.17) is 10.6 Å². The maximum absolute atomic E-state index is 11.7. The van der Waals surface area contributed by atoms with Crippen LogP contribution in [0.3, 0.4) is 0 Å². The molecule has 0 bridgehead atoms. The number of alkyl halides is 2. The molecule has 0 spiro atoms. The Balaban J connectivity index is 3.76. The number of nitrogens with one attached hydrogen (secondary N) is 2. The van der Waals surface area contributed by atoms with Crippen LogP contribution in [0.5, 0.6) is 0 Å². The van der Waals surface area contributed by atoms with Crippen LogP contribution in [0.25, 0.3) is 0 Å². The SMILES string of the molecule is COCC(C)NC(=NCCOCC(F)F)NN. The van der Waals surface area contributed by atoms with E-state index in [-0.39, 0.29) is 19.2 Å². The van der Waals surface area contributed by atoms with Crippen molar-refractivity contribution in [3.05, 3.63) is 0 Å². The van der Waals surface area contributed by atoms with Gasteiger partial charge in [-0.2, -0.15) is 0 Å². The van der Waals surface area contributed by atoms with Crippen LogP contribution in [-0.2, 0) is 9.47 Å². The number of hydrazine groups is 1. The lowest BCUT2D eigenvalue weighted by Gasteiger charge is -2.15. The van der Waals surface area contributed by atoms with Gasteiger partial charge in [-0.3, -0.25) is 5.43 Å². The third kappa shape index (κ3) is 9.91. The third-order valence-corrected chi connectivity index (χ3v) is 1.69. The Morgan fingerprint density at radius 2 is 2.12 bits per heavy atom. The Labute approximate surface area is 99.5 Å². The monoisotopic (exact) mass is 254 g/mol. The average molecular weight is 254 g/mol. The number of hydrogen-bond donors (Lipinski definition) is 3. The van der Waals surface area contributed by atoms with Crippen molar-refractivity contribution in [2.24, 2.45) is 10.8 Å². The summed E-state index contributed by atoms with van der Waals surface area (Å²) in [6, 6.07) is 0.0387. The number of hydrogen-bond acceptors (Lipinski definition) is 4. The molecule has 0 heterocycles. The summed E-state index contributed by atoms with van der Waals surface area (Å²) >= 11 is 0. The van der Waals surface area contributed by atoms with Gasteiger partial charge < -0.3 is 14.8 Å². The number of methoxy groups -OCH3 is 1. The number of ether oxygens (including phenoxy) is 2. The second kappa shape index (κ2) is 10.2. The van der Waals surface area contributed by atoms with Crippen LogP contribution in [0.2, 0.25) is 0 Å². The Morgan fingerprint density at radius 1 is 1.41 bits per heavy atom. The molecule has 6 nitrogen and oxygen atoms in total. The Morgan fingerprint density at radius 3 is 2.65 bits per heavy atom. The van der Waals surface area contributed by atoms with Gasteiger partial charge >= 0.3 is 0 Å². The summed E-state index contributed by atoms with van der Waals surface area (Å²) in [5, 5.41) is 2.95. The number of nitrogens with zero attached hydrogens (tertiary/aromatic N) is 1. The number of aliphatic imine (C=N–C) groups is 1. The first-order chi connectivity index (χ1) is 8.10. The molecule has 0 radical (unpaired) electrons. The zero-order valence-electron chi connectivity index (χ0n) is 10.1. The number of guanidine groups is 1. The summed E-state index contributed by atoms with van der Waals surface area (Å²) in [7, 11) is 1.59. The summed E-state index contributed by atoms with van der Waals surface area (Å²) in [5.41, 5.74) is 2.37. The summed E-state index contributed by atoms with van der Waals surface area (Å²) in [5.74, 6) is 5.61. The predicted octanol–water partition coefficient (Wildman–Crippen LogP) is -0.288. The highest BCUT2D eigenvalue weighted by atomic mass is 19.3. The van der Waals surface area contributed by atoms with Crippen molar-refractivity contribution in [3.8, 4) is 0 Å². The fraction of sp³-hybridized carbons (Fsp3) is 0.889. The highest BCUT2D eigenvalue weighted by molar-refractivity contribution is 5.79. The highest BCUT2D eigenvalue weighted by Crippen LogP contribution is 1.91. The molecule has 0 saturated carbocycles. The summed E-state index contributed by atoms with van der Waals surface area (Å²) < 4.78 is 33.0. The Kier molecular flexibility index (Phi) is 9.59. The Bertz CT molecular complexity index is 217. The van der Waals surface area contributed by atoms with Crippen molar-refractivity contribution in [2.75, 3.05) is 33.5 Å². The first-order valence-electron chi connectivity index (χ1n) is 5.22. The number of rotatable bonds is 8. The molecule has 0 fully saturated rings. The van der Waals surface area contributed by atoms with E-state index in [1.165, 1.54) is 0 Å². The predicted molar refractivity (Wildman–Crippen MR) is 60.9 cm³/mol. The minimum Gasteiger partial charge on any atom is -0.383 e. The first kappa shape index (κ1) is 16.0. The molecule has 0 aromatic heterocycles. The maximum atomic E-state index is 11.7. The van der Waals surface area contributed by atoms with Gasteiger partial charge in [-0.25, -0.2) is 19.6 Å². The molecular weight excluding hydrogens is 234 g/mol. The molecule has 0 aromatic carbocycles. The van der Waals surface area contributed by atoms with Crippen molar-refractivity contribution >= 4 is 5.96 Å². The molecule has 17 heavy (non-hydrogen) atoms. The molecule has 8 heteroatoms. The fourth-order valence-corrected chi connectivity index (χ4v) is 1.05. The van der Waals surface area contributed by atoms with Crippen LogP contribution >= 0.6 is 0 Å². The second-order valence-corrected chi connectivity index (χ2v) is 3.34. The smallest absolute Gasteiger partial charge is 0.261 e. The van der Waals surface area contributed by atoms with Crippen LogP contribution in [0.4, 0.5) is 8.78 Å². The van der Waals surface area contributed by atoms with Gasteiger partial charge in [0.05, 0.1) is 19.8 Å². The molecule has 0 aliphatic carbocycles. The van der Waals surface area contributed by atoms with Gasteiger partial charge in [0.25, 0.3) is 6.43 Å². The van der Waals surface area contributed by atoms with Gasteiger partial charge in [0, 0.05) is 13.2 Å². The van der Waals surface area contributed by atoms with E-state index >= 15 is 0 Å². The molecule has 1 unspecified atom stereocenters. The van der Waals surface area contributed by atoms with Gasteiger partial charge in [-0.15, -0.1) is 0 Å². The van der Waals surface area contributed by atoms with E-state index in [0.29, 0.717) is 12.6 Å². The second-order valence-electron chi connectivity index (χ2n) is 3.34. The van der Waals surface area contributed by atoms with Gasteiger partial charge in [0.2, 0.25) is 5.96 Å². The van der Waals surface area contributed by atoms with Gasteiger partial charge in [-0.05, 0) is 6.92 Å². The zero-order valence-corrected chi connectivity index (χ0v) is 10.1. The van der Waals surface area contributed by atoms with E-state index in [0.717, 1.165) is 0 Å². The topological polar surface area (TPSA) is 80.9 Å². The lowest BCUT2D eigenvalue weighted by molar-refractivity contribution is 0.0207. The first-order valence-corrected chi connectivity index (χ1v) is 5.22. The fourth-order valence-electron chi connectivity index (χ4n) is 1.05. The molecular formula is C9H20F2N4O2. The molecule has 1 atom stereocenters. The van der Waals surface area contributed by atoms with Crippen LogP contribution in [-0.4, -0.2) is 51.9 Å². The molecule has 0 aliphatic rings. The Hall–Kier alpha value is -0.990. The average Bonchev–Trinajstić information content (AvgIpc) is 2.27. The van der Waals surface area contributed by atoms with Crippen molar-refractivity contribution < 1.29 is 18.3 Å². The van der Waals surface area contributed by atoms with Gasteiger partial charge in [-0.1, -0.05) is 0 Å². The minimum absolute atomic E-state index is 0.0387. The van der Waals surface area contributed by atoms with E-state index in [9.17, 15) is 8.78 Å². The molecule has 0 amide bonds. The van der Waals surface area contributed by atoms with Crippen LogP contribution in [0.1, 0.15) is 6.92 Å². The van der Waals surface area contributed by atoms with E-state index in [1.54, 1.807) is 7.11 Å². The van der Waals surface area contributed by atoms with Crippen molar-refractivity contribution in [1.29, 1.82) is 0 Å². The lowest BCUT2D eigenvalue weighted by Crippen LogP contribution is -2.47. The lowest BCUT2D eigenvalue weighted by atomic mass is 10.4. The molecule has 0 rings (SSSR count).